The number of nitrogens with zero attached hydrogens (tertiary/aromatic N) is 1. The summed E-state index contributed by atoms with van der Waals surface area (Å²) in [6.07, 6.45) is 3.06. The Morgan fingerprint density at radius 1 is 1.62 bits per heavy atom. The van der Waals surface area contributed by atoms with Gasteiger partial charge in [-0.05, 0) is 19.4 Å². The van der Waals surface area contributed by atoms with Crippen LogP contribution >= 0.6 is 11.3 Å². The Morgan fingerprint density at radius 2 is 2.31 bits per heavy atom. The van der Waals surface area contributed by atoms with Gasteiger partial charge in [0.15, 0.2) is 5.01 Å². The van der Waals surface area contributed by atoms with Crippen LogP contribution in [0.1, 0.15) is 23.2 Å². The first-order valence-electron chi connectivity index (χ1n) is 4.07. The van der Waals surface area contributed by atoms with Gasteiger partial charge >= 0.3 is 0 Å². The van der Waals surface area contributed by atoms with Gasteiger partial charge in [0.25, 0.3) is 5.92 Å². The Kier molecular flexibility index (Phi) is 3.33. The molecule has 2 N–H and O–H groups in total. The molecule has 0 fully saturated rings. The molecule has 0 radical (unpaired) electrons. The first-order chi connectivity index (χ1) is 6.04. The average Bonchev–Trinajstić information content (AvgIpc) is 2.47. The van der Waals surface area contributed by atoms with E-state index in [4.69, 9.17) is 5.73 Å². The smallest absolute Gasteiger partial charge is 0.296 e. The molecule has 0 spiro atoms. The Bertz CT molecular complexity index is 267. The number of halogens is 2. The quantitative estimate of drug-likeness (QED) is 0.819. The maximum absolute atomic E-state index is 12.7. The van der Waals surface area contributed by atoms with Gasteiger partial charge in [0.2, 0.25) is 0 Å². The fourth-order valence-electron chi connectivity index (χ4n) is 0.902. The number of rotatable bonds is 4. The highest BCUT2D eigenvalue weighted by Crippen LogP contribution is 2.30. The molecule has 0 amide bonds. The van der Waals surface area contributed by atoms with Crippen LogP contribution in [0.5, 0.6) is 0 Å². The summed E-state index contributed by atoms with van der Waals surface area (Å²) in [4.78, 5) is 4.54. The van der Waals surface area contributed by atoms with Crippen molar-refractivity contribution in [3.8, 4) is 0 Å². The number of aryl methyl sites for hydroxylation is 1. The second kappa shape index (κ2) is 4.11. The molecule has 0 aliphatic carbocycles. The second-order valence-electron chi connectivity index (χ2n) is 2.91. The lowest BCUT2D eigenvalue weighted by Crippen LogP contribution is -2.05. The van der Waals surface area contributed by atoms with Crippen molar-refractivity contribution in [1.82, 2.24) is 4.98 Å². The number of alkyl halides is 2. The van der Waals surface area contributed by atoms with Crippen molar-refractivity contribution in [3.05, 3.63) is 16.1 Å². The molecule has 1 aromatic heterocycles. The highest BCUT2D eigenvalue weighted by atomic mass is 32.1. The average molecular weight is 206 g/mol. The Labute approximate surface area is 79.8 Å². The molecule has 13 heavy (non-hydrogen) atoms. The molecule has 0 aliphatic rings. The van der Waals surface area contributed by atoms with Crippen LogP contribution in [0.2, 0.25) is 0 Å². The van der Waals surface area contributed by atoms with Crippen LogP contribution < -0.4 is 5.73 Å². The Balaban J connectivity index is 2.64. The maximum atomic E-state index is 12.7. The van der Waals surface area contributed by atoms with E-state index in [0.29, 0.717) is 6.54 Å². The van der Waals surface area contributed by atoms with Crippen LogP contribution in [-0.2, 0) is 12.3 Å². The number of hydrogen-bond acceptors (Lipinski definition) is 3. The lowest BCUT2D eigenvalue weighted by Gasteiger charge is -2.03. The van der Waals surface area contributed by atoms with Crippen LogP contribution in [0.4, 0.5) is 8.78 Å². The highest BCUT2D eigenvalue weighted by Gasteiger charge is 2.28. The van der Waals surface area contributed by atoms with Crippen molar-refractivity contribution in [2.24, 2.45) is 5.73 Å². The number of thiazole rings is 1. The number of nitrogens with two attached hydrogens (primary N) is 1. The first kappa shape index (κ1) is 10.5. The van der Waals surface area contributed by atoms with Crippen molar-refractivity contribution in [2.75, 3.05) is 6.54 Å². The molecule has 1 rings (SSSR count). The lowest BCUT2D eigenvalue weighted by molar-refractivity contribution is 0.0172. The van der Waals surface area contributed by atoms with E-state index >= 15 is 0 Å². The fraction of sp³-hybridized carbons (Fsp3) is 0.625. The van der Waals surface area contributed by atoms with E-state index in [1.54, 1.807) is 0 Å². The normalized spacial score (nSPS) is 12.0. The van der Waals surface area contributed by atoms with E-state index in [9.17, 15) is 8.78 Å². The van der Waals surface area contributed by atoms with Gasteiger partial charge in [-0.2, -0.15) is 8.78 Å². The third kappa shape index (κ3) is 3.00. The van der Waals surface area contributed by atoms with Gasteiger partial charge in [-0.25, -0.2) is 4.98 Å². The van der Waals surface area contributed by atoms with Gasteiger partial charge in [0, 0.05) is 18.0 Å². The molecule has 0 saturated carbocycles. The zero-order valence-electron chi connectivity index (χ0n) is 7.39. The van der Waals surface area contributed by atoms with Gasteiger partial charge in [-0.1, -0.05) is 0 Å². The van der Waals surface area contributed by atoms with Gasteiger partial charge in [0.1, 0.15) is 0 Å². The van der Waals surface area contributed by atoms with Gasteiger partial charge in [-0.3, -0.25) is 0 Å². The predicted molar refractivity (Wildman–Crippen MR) is 49.1 cm³/mol. The Hall–Kier alpha value is -0.550. The molecule has 0 atom stereocenters. The maximum Gasteiger partial charge on any atom is 0.296 e. The molecule has 2 nitrogen and oxygen atoms in total. The zero-order chi connectivity index (χ0) is 9.90. The summed E-state index contributed by atoms with van der Waals surface area (Å²) in [5.74, 6) is -2.81. The van der Waals surface area contributed by atoms with E-state index in [0.717, 1.165) is 36.0 Å². The van der Waals surface area contributed by atoms with Crippen molar-refractivity contribution in [1.29, 1.82) is 0 Å². The van der Waals surface area contributed by atoms with Crippen LogP contribution in [-0.4, -0.2) is 11.5 Å². The van der Waals surface area contributed by atoms with Gasteiger partial charge < -0.3 is 5.73 Å². The van der Waals surface area contributed by atoms with Crippen LogP contribution in [0.3, 0.4) is 0 Å². The Morgan fingerprint density at radius 3 is 2.77 bits per heavy atom. The third-order valence-electron chi connectivity index (χ3n) is 1.56. The van der Waals surface area contributed by atoms with Crippen LogP contribution in [0.15, 0.2) is 6.20 Å². The van der Waals surface area contributed by atoms with E-state index in [1.165, 1.54) is 6.20 Å². The van der Waals surface area contributed by atoms with Crippen LogP contribution in [0, 0.1) is 0 Å². The molecule has 0 bridgehead atoms. The fourth-order valence-corrected chi connectivity index (χ4v) is 1.79. The molecular weight excluding hydrogens is 194 g/mol. The number of hydrogen-bond donors (Lipinski definition) is 1. The minimum Gasteiger partial charge on any atom is -0.330 e. The zero-order valence-corrected chi connectivity index (χ0v) is 8.20. The van der Waals surface area contributed by atoms with E-state index in [-0.39, 0.29) is 5.01 Å². The predicted octanol–water partition coefficient (Wildman–Crippen LogP) is 2.15. The van der Waals surface area contributed by atoms with E-state index < -0.39 is 5.92 Å². The molecule has 5 heteroatoms. The molecule has 74 valence electrons. The molecule has 1 aromatic rings. The molecule has 0 aliphatic heterocycles. The van der Waals surface area contributed by atoms with E-state index in [1.807, 2.05) is 0 Å². The minimum absolute atomic E-state index is 0.112. The first-order valence-corrected chi connectivity index (χ1v) is 4.88. The SMILES string of the molecule is CC(F)(F)c1ncc(CCCN)s1. The molecule has 1 heterocycles. The molecule has 0 saturated heterocycles. The van der Waals surface area contributed by atoms with Crippen molar-refractivity contribution in [2.45, 2.75) is 25.7 Å². The highest BCUT2D eigenvalue weighted by molar-refractivity contribution is 7.11. The molecule has 0 aromatic carbocycles. The third-order valence-corrected chi connectivity index (χ3v) is 2.79. The summed E-state index contributed by atoms with van der Waals surface area (Å²) < 4.78 is 25.4. The standard InChI is InChI=1S/C8H12F2N2S/c1-8(9,10)7-12-5-6(13-7)3-2-4-11/h5H,2-4,11H2,1H3. The van der Waals surface area contributed by atoms with E-state index in [2.05, 4.69) is 4.98 Å². The number of aromatic nitrogens is 1. The summed E-state index contributed by atoms with van der Waals surface area (Å²) in [5.41, 5.74) is 5.31. The monoisotopic (exact) mass is 206 g/mol. The lowest BCUT2D eigenvalue weighted by atomic mass is 10.3. The summed E-state index contributed by atoms with van der Waals surface area (Å²) >= 11 is 1.06. The summed E-state index contributed by atoms with van der Waals surface area (Å²) in [5, 5.41) is -0.112. The topological polar surface area (TPSA) is 38.9 Å². The largest absolute Gasteiger partial charge is 0.330 e. The molecule has 0 unspecified atom stereocenters. The van der Waals surface area contributed by atoms with Crippen molar-refractivity contribution in [3.63, 3.8) is 0 Å². The van der Waals surface area contributed by atoms with Gasteiger partial charge in [-0.15, -0.1) is 11.3 Å². The molecular formula is C8H12F2N2S. The van der Waals surface area contributed by atoms with Crippen LogP contribution in [0.25, 0.3) is 0 Å². The van der Waals surface area contributed by atoms with Crippen molar-refractivity contribution >= 4 is 11.3 Å². The summed E-state index contributed by atoms with van der Waals surface area (Å²) in [6.45, 7) is 1.44. The second-order valence-corrected chi connectivity index (χ2v) is 4.03. The minimum atomic E-state index is -2.81. The van der Waals surface area contributed by atoms with Crippen molar-refractivity contribution < 1.29 is 8.78 Å². The summed E-state index contributed by atoms with van der Waals surface area (Å²) in [6, 6.07) is 0. The van der Waals surface area contributed by atoms with Gasteiger partial charge in [0.05, 0.1) is 0 Å². The summed E-state index contributed by atoms with van der Waals surface area (Å²) in [7, 11) is 0.